The molecule has 0 radical (unpaired) electrons. The van der Waals surface area contributed by atoms with Crippen LogP contribution in [0.1, 0.15) is 77.6 Å². The topological polar surface area (TPSA) is 162 Å². The second-order valence-corrected chi connectivity index (χ2v) is 17.6. The van der Waals surface area contributed by atoms with E-state index in [1.807, 2.05) is 30.3 Å². The van der Waals surface area contributed by atoms with Gasteiger partial charge in [-0.25, -0.2) is 4.98 Å². The predicted octanol–water partition coefficient (Wildman–Crippen LogP) is 4.68. The molecule has 0 aliphatic carbocycles. The first-order valence-corrected chi connectivity index (χ1v) is 21.2. The Hall–Kier alpha value is -5.52. The number of hydrogen-bond acceptors (Lipinski definition) is 11. The van der Waals surface area contributed by atoms with Crippen molar-refractivity contribution < 1.29 is 24.0 Å². The van der Waals surface area contributed by atoms with Gasteiger partial charge in [-0.1, -0.05) is 11.6 Å². The van der Waals surface area contributed by atoms with E-state index in [1.165, 1.54) is 0 Å². The van der Waals surface area contributed by atoms with Gasteiger partial charge in [0.2, 0.25) is 17.7 Å². The van der Waals surface area contributed by atoms with Gasteiger partial charge in [-0.2, -0.15) is 5.26 Å². The molecule has 306 valence electrons. The molecule has 1 aromatic heterocycles. The molecule has 0 saturated carbocycles. The summed E-state index contributed by atoms with van der Waals surface area (Å²) in [6.45, 7) is 8.51. The van der Waals surface area contributed by atoms with Crippen molar-refractivity contribution in [1.29, 1.82) is 5.26 Å². The third kappa shape index (κ3) is 7.74. The van der Waals surface area contributed by atoms with E-state index in [2.05, 4.69) is 36.3 Å². The molecule has 9 rings (SSSR count). The summed E-state index contributed by atoms with van der Waals surface area (Å²) < 4.78 is 0. The van der Waals surface area contributed by atoms with Gasteiger partial charge in [0.15, 0.2) is 0 Å². The molecule has 2 aromatic carbocycles. The van der Waals surface area contributed by atoms with E-state index in [-0.39, 0.29) is 30.6 Å². The van der Waals surface area contributed by atoms with Crippen molar-refractivity contribution in [2.75, 3.05) is 78.9 Å². The number of nitriles is 1. The van der Waals surface area contributed by atoms with Crippen molar-refractivity contribution in [3.8, 4) is 6.07 Å². The summed E-state index contributed by atoms with van der Waals surface area (Å²) in [6.07, 6.45) is 7.87. The Morgan fingerprint density at radius 3 is 2.19 bits per heavy atom. The van der Waals surface area contributed by atoms with Gasteiger partial charge in [0, 0.05) is 82.6 Å². The highest BCUT2D eigenvalue weighted by Crippen LogP contribution is 2.43. The van der Waals surface area contributed by atoms with Crippen molar-refractivity contribution in [2.45, 2.75) is 57.4 Å². The summed E-state index contributed by atoms with van der Waals surface area (Å²) in [5, 5.41) is 14.9. The molecule has 14 nitrogen and oxygen atoms in total. The number of nitrogens with zero attached hydrogens (tertiary/aromatic N) is 7. The molecule has 0 bridgehead atoms. The molecule has 6 aliphatic rings. The summed E-state index contributed by atoms with van der Waals surface area (Å²) in [7, 11) is 0. The molecule has 2 N–H and O–H groups in total. The van der Waals surface area contributed by atoms with E-state index in [0.29, 0.717) is 38.7 Å². The minimum absolute atomic E-state index is 0.0216. The first kappa shape index (κ1) is 39.0. The zero-order valence-electron chi connectivity index (χ0n) is 33.0. The lowest BCUT2D eigenvalue weighted by Crippen LogP contribution is -2.61. The number of aromatic nitrogens is 1. The van der Waals surface area contributed by atoms with Crippen LogP contribution in [0.5, 0.6) is 0 Å². The van der Waals surface area contributed by atoms with Crippen molar-refractivity contribution in [3.05, 3.63) is 76.4 Å². The number of benzene rings is 2. The third-order valence-electron chi connectivity index (χ3n) is 13.5. The Bertz CT molecular complexity index is 2210. The molecular formula is C44H48ClN9O5. The number of halogens is 1. The van der Waals surface area contributed by atoms with Crippen molar-refractivity contribution in [1.82, 2.24) is 20.1 Å². The van der Waals surface area contributed by atoms with E-state index in [0.717, 1.165) is 120 Å². The molecule has 5 saturated heterocycles. The van der Waals surface area contributed by atoms with Crippen LogP contribution in [0, 0.1) is 28.6 Å². The fourth-order valence-electron chi connectivity index (χ4n) is 10.0. The maximum atomic E-state index is 13.4. The number of anilines is 4. The fourth-order valence-corrected chi connectivity index (χ4v) is 10.3. The molecule has 1 unspecified atom stereocenters. The number of amides is 5. The van der Waals surface area contributed by atoms with E-state index in [9.17, 15) is 24.0 Å². The average molecular weight is 818 g/mol. The van der Waals surface area contributed by atoms with Crippen LogP contribution in [0.25, 0.3) is 0 Å². The molecular weight excluding hydrogens is 770 g/mol. The van der Waals surface area contributed by atoms with Crippen LogP contribution in [-0.2, 0) is 14.4 Å². The Kier molecular flexibility index (Phi) is 10.5. The van der Waals surface area contributed by atoms with Crippen molar-refractivity contribution >= 4 is 64.0 Å². The fraction of sp³-hybridized carbons (Fsp3) is 0.477. The molecule has 7 heterocycles. The lowest BCUT2D eigenvalue weighted by molar-refractivity contribution is -0.136. The third-order valence-corrected chi connectivity index (χ3v) is 13.8. The maximum absolute atomic E-state index is 13.4. The van der Waals surface area contributed by atoms with Crippen molar-refractivity contribution in [3.63, 3.8) is 0 Å². The summed E-state index contributed by atoms with van der Waals surface area (Å²) in [5.74, 6) is -0.395. The standard InChI is InChI=1S/C44H48ClN9O5/c45-36-22-33(3-1-30(36)23-46)51-17-11-29(12-18-51)40(56)48-31-2-7-38(47-24-31)53-15-9-28(10-16-53)25-50-26-44(27-50)13-19-52(20-14-44)32-4-5-34-35(21-32)43(59)54(42(34)58)37-6-8-39(55)49-41(37)57/h1-5,7,21-22,24,28-29,37H,6,8-20,25-27H2,(H,48,56)(H,49,55,57). The molecule has 1 spiro atoms. The maximum Gasteiger partial charge on any atom is 0.262 e. The Labute approximate surface area is 348 Å². The summed E-state index contributed by atoms with van der Waals surface area (Å²) in [5.41, 5.74) is 4.02. The normalized spacial score (nSPS) is 22.6. The first-order chi connectivity index (χ1) is 28.6. The van der Waals surface area contributed by atoms with Gasteiger partial charge >= 0.3 is 0 Å². The quantitative estimate of drug-likeness (QED) is 0.304. The lowest BCUT2D eigenvalue weighted by atomic mass is 9.71. The smallest absolute Gasteiger partial charge is 0.262 e. The van der Waals surface area contributed by atoms with Crippen LogP contribution in [0.3, 0.4) is 0 Å². The second-order valence-electron chi connectivity index (χ2n) is 17.2. The SMILES string of the molecule is N#Cc1ccc(N2CCC(C(=O)Nc3ccc(N4CCC(CN5CC6(CCN(c7ccc8c(c7)C(=O)N(C7CCC(=O)NC7=O)C8=O)CC6)C5)CC4)nc3)CC2)cc1Cl. The minimum atomic E-state index is -0.963. The Morgan fingerprint density at radius 1 is 0.831 bits per heavy atom. The zero-order valence-corrected chi connectivity index (χ0v) is 33.8. The van der Waals surface area contributed by atoms with Gasteiger partial charge in [0.1, 0.15) is 17.9 Å². The molecule has 3 aromatic rings. The molecule has 6 aliphatic heterocycles. The number of hydrogen-bond donors (Lipinski definition) is 2. The number of carbonyl (C=O) groups is 5. The Balaban J connectivity index is 0.691. The summed E-state index contributed by atoms with van der Waals surface area (Å²) in [6, 6.07) is 16.0. The van der Waals surface area contributed by atoms with E-state index in [4.69, 9.17) is 21.8 Å². The number of pyridine rings is 1. The van der Waals surface area contributed by atoms with Gasteiger partial charge in [0.05, 0.1) is 33.6 Å². The van der Waals surface area contributed by atoms with Crippen LogP contribution >= 0.6 is 11.6 Å². The number of carbonyl (C=O) groups excluding carboxylic acids is 5. The van der Waals surface area contributed by atoms with E-state index < -0.39 is 23.8 Å². The zero-order chi connectivity index (χ0) is 40.8. The van der Waals surface area contributed by atoms with Gasteiger partial charge in [-0.05, 0) is 105 Å². The predicted molar refractivity (Wildman–Crippen MR) is 222 cm³/mol. The number of fused-ring (bicyclic) bond motifs is 1. The molecule has 15 heteroatoms. The Morgan fingerprint density at radius 2 is 1.51 bits per heavy atom. The number of likely N-dealkylation sites (tertiary alicyclic amines) is 1. The van der Waals surface area contributed by atoms with Gasteiger partial charge in [-0.3, -0.25) is 34.2 Å². The van der Waals surface area contributed by atoms with Gasteiger partial charge < -0.3 is 24.9 Å². The number of rotatable bonds is 8. The highest BCUT2D eigenvalue weighted by Gasteiger charge is 2.47. The monoisotopic (exact) mass is 817 g/mol. The van der Waals surface area contributed by atoms with Crippen LogP contribution in [-0.4, -0.2) is 109 Å². The summed E-state index contributed by atoms with van der Waals surface area (Å²) >= 11 is 6.24. The average Bonchev–Trinajstić information content (AvgIpc) is 3.48. The van der Waals surface area contributed by atoms with Crippen molar-refractivity contribution in [2.24, 2.45) is 17.3 Å². The largest absolute Gasteiger partial charge is 0.371 e. The van der Waals surface area contributed by atoms with Crippen LogP contribution in [0.2, 0.25) is 5.02 Å². The second kappa shape index (κ2) is 15.9. The molecule has 5 fully saturated rings. The number of piperidine rings is 4. The van der Waals surface area contributed by atoms with Gasteiger partial charge in [-0.15, -0.1) is 0 Å². The van der Waals surface area contributed by atoms with E-state index in [1.54, 1.807) is 24.4 Å². The number of nitrogens with one attached hydrogen (secondary N) is 2. The first-order valence-electron chi connectivity index (χ1n) is 20.9. The molecule has 1 atom stereocenters. The minimum Gasteiger partial charge on any atom is -0.371 e. The van der Waals surface area contributed by atoms with Crippen LogP contribution in [0.15, 0.2) is 54.7 Å². The molecule has 5 amide bonds. The highest BCUT2D eigenvalue weighted by atomic mass is 35.5. The van der Waals surface area contributed by atoms with Crippen LogP contribution < -0.4 is 25.3 Å². The highest BCUT2D eigenvalue weighted by molar-refractivity contribution is 6.32. The van der Waals surface area contributed by atoms with Crippen LogP contribution in [0.4, 0.5) is 22.9 Å². The van der Waals surface area contributed by atoms with E-state index >= 15 is 0 Å². The molecule has 59 heavy (non-hydrogen) atoms. The van der Waals surface area contributed by atoms with Gasteiger partial charge in [0.25, 0.3) is 11.8 Å². The number of imide groups is 2. The lowest BCUT2D eigenvalue weighted by Gasteiger charge is -2.55. The summed E-state index contributed by atoms with van der Waals surface area (Å²) in [4.78, 5) is 78.9.